The minimum absolute atomic E-state index is 0.169. The molecule has 0 aliphatic carbocycles. The molecule has 0 spiro atoms. The van der Waals surface area contributed by atoms with E-state index < -0.39 is 12.7 Å². The second kappa shape index (κ2) is 6.75. The summed E-state index contributed by atoms with van der Waals surface area (Å²) in [6.07, 6.45) is -2.57. The van der Waals surface area contributed by atoms with Crippen LogP contribution < -0.4 is 5.32 Å². The highest BCUT2D eigenvalue weighted by atomic mass is 19.4. The van der Waals surface area contributed by atoms with Gasteiger partial charge in [0.1, 0.15) is 5.82 Å². The molecule has 0 aliphatic heterocycles. The lowest BCUT2D eigenvalue weighted by Gasteiger charge is -2.27. The Kier molecular flexibility index (Phi) is 5.60. The van der Waals surface area contributed by atoms with Gasteiger partial charge in [0.05, 0.1) is 6.54 Å². The van der Waals surface area contributed by atoms with Crippen molar-refractivity contribution in [1.82, 2.24) is 9.88 Å². The summed E-state index contributed by atoms with van der Waals surface area (Å²) in [4.78, 5) is 5.50. The molecule has 0 aliphatic rings. The molecule has 1 N–H and O–H groups in total. The normalized spacial score (nSPS) is 12.2. The Morgan fingerprint density at radius 3 is 2.58 bits per heavy atom. The second-order valence-electron chi connectivity index (χ2n) is 4.69. The summed E-state index contributed by atoms with van der Waals surface area (Å²) in [6.45, 7) is 5.56. The number of rotatable bonds is 6. The zero-order valence-corrected chi connectivity index (χ0v) is 11.5. The third-order valence-corrected chi connectivity index (χ3v) is 2.68. The van der Waals surface area contributed by atoms with Gasteiger partial charge in [0, 0.05) is 25.3 Å². The lowest BCUT2D eigenvalue weighted by Crippen LogP contribution is -2.38. The number of alkyl halides is 3. The van der Waals surface area contributed by atoms with E-state index in [0.29, 0.717) is 5.82 Å². The van der Waals surface area contributed by atoms with Crippen molar-refractivity contribution in [3.05, 3.63) is 23.9 Å². The van der Waals surface area contributed by atoms with E-state index in [9.17, 15) is 13.2 Å². The predicted octanol–water partition coefficient (Wildman–Crippen LogP) is 3.29. The van der Waals surface area contributed by atoms with Gasteiger partial charge in [-0.05, 0) is 38.5 Å². The van der Waals surface area contributed by atoms with E-state index in [-0.39, 0.29) is 12.6 Å². The molecule has 3 nitrogen and oxygen atoms in total. The molecule has 0 fully saturated rings. The minimum Gasteiger partial charge on any atom is -0.370 e. The van der Waals surface area contributed by atoms with E-state index in [1.54, 1.807) is 32.2 Å². The van der Waals surface area contributed by atoms with E-state index in [4.69, 9.17) is 0 Å². The van der Waals surface area contributed by atoms with Crippen LogP contribution in [0.2, 0.25) is 0 Å². The van der Waals surface area contributed by atoms with Crippen molar-refractivity contribution in [2.24, 2.45) is 0 Å². The summed E-state index contributed by atoms with van der Waals surface area (Å²) in [5.74, 6) is 0.690. The number of pyridine rings is 1. The first-order valence-corrected chi connectivity index (χ1v) is 6.31. The van der Waals surface area contributed by atoms with E-state index in [1.165, 1.54) is 4.90 Å². The van der Waals surface area contributed by atoms with Crippen LogP contribution in [0.25, 0.3) is 0 Å². The molecule has 1 aromatic heterocycles. The van der Waals surface area contributed by atoms with Gasteiger partial charge >= 0.3 is 6.18 Å². The molecule has 108 valence electrons. The fraction of sp³-hybridized carbons (Fsp3) is 0.615. The van der Waals surface area contributed by atoms with Crippen LogP contribution >= 0.6 is 0 Å². The second-order valence-corrected chi connectivity index (χ2v) is 4.69. The van der Waals surface area contributed by atoms with Crippen LogP contribution in [0.5, 0.6) is 0 Å². The van der Waals surface area contributed by atoms with Gasteiger partial charge in [0.15, 0.2) is 0 Å². The molecule has 0 amide bonds. The van der Waals surface area contributed by atoms with Crippen molar-refractivity contribution in [1.29, 1.82) is 0 Å². The number of hydrogen-bond donors (Lipinski definition) is 1. The van der Waals surface area contributed by atoms with Crippen LogP contribution in [0, 0.1) is 0 Å². The van der Waals surface area contributed by atoms with Crippen molar-refractivity contribution in [3.63, 3.8) is 0 Å². The quantitative estimate of drug-likeness (QED) is 0.863. The lowest BCUT2D eigenvalue weighted by atomic mass is 10.2. The molecule has 0 saturated carbocycles. The molecule has 1 heterocycles. The third kappa shape index (κ3) is 5.92. The summed E-state index contributed by atoms with van der Waals surface area (Å²) < 4.78 is 37.5. The molecule has 0 radical (unpaired) electrons. The number of nitrogens with one attached hydrogen (secondary N) is 1. The Morgan fingerprint density at radius 2 is 2.05 bits per heavy atom. The van der Waals surface area contributed by atoms with Gasteiger partial charge in [-0.3, -0.25) is 4.90 Å². The van der Waals surface area contributed by atoms with Crippen LogP contribution in [-0.2, 0) is 6.54 Å². The SMILES string of the molecule is CCNc1cc(CN(CC(F)(F)F)C(C)C)ccn1. The molecule has 19 heavy (non-hydrogen) atoms. The predicted molar refractivity (Wildman–Crippen MR) is 70.0 cm³/mol. The molecule has 0 saturated heterocycles. The fourth-order valence-corrected chi connectivity index (χ4v) is 1.74. The standard InChI is InChI=1S/C13H20F3N3/c1-4-17-12-7-11(5-6-18-12)8-19(10(2)3)9-13(14,15)16/h5-7,10H,4,8-9H2,1-3H3,(H,17,18). The van der Waals surface area contributed by atoms with Crippen molar-refractivity contribution in [2.75, 3.05) is 18.4 Å². The molecule has 0 bridgehead atoms. The topological polar surface area (TPSA) is 28.2 Å². The van der Waals surface area contributed by atoms with Crippen LogP contribution in [0.3, 0.4) is 0 Å². The summed E-state index contributed by atoms with van der Waals surface area (Å²) in [7, 11) is 0. The molecule has 0 unspecified atom stereocenters. The van der Waals surface area contributed by atoms with Crippen LogP contribution in [0.1, 0.15) is 26.3 Å². The highest BCUT2D eigenvalue weighted by Gasteiger charge is 2.31. The highest BCUT2D eigenvalue weighted by Crippen LogP contribution is 2.20. The summed E-state index contributed by atoms with van der Waals surface area (Å²) in [5.41, 5.74) is 0.823. The van der Waals surface area contributed by atoms with Crippen molar-refractivity contribution in [2.45, 2.75) is 39.5 Å². The Balaban J connectivity index is 2.76. The molecular weight excluding hydrogens is 255 g/mol. The number of nitrogens with zero attached hydrogens (tertiary/aromatic N) is 2. The smallest absolute Gasteiger partial charge is 0.370 e. The average molecular weight is 275 g/mol. The first-order valence-electron chi connectivity index (χ1n) is 6.31. The van der Waals surface area contributed by atoms with Gasteiger partial charge in [-0.25, -0.2) is 4.98 Å². The van der Waals surface area contributed by atoms with Crippen LogP contribution in [-0.4, -0.2) is 35.2 Å². The highest BCUT2D eigenvalue weighted by molar-refractivity contribution is 5.37. The maximum Gasteiger partial charge on any atom is 0.401 e. The average Bonchev–Trinajstić information content (AvgIpc) is 2.27. The Bertz CT molecular complexity index is 391. The van der Waals surface area contributed by atoms with Crippen molar-refractivity contribution < 1.29 is 13.2 Å². The van der Waals surface area contributed by atoms with Crippen LogP contribution in [0.15, 0.2) is 18.3 Å². The van der Waals surface area contributed by atoms with Crippen LogP contribution in [0.4, 0.5) is 19.0 Å². The number of halogens is 3. The molecule has 1 rings (SSSR count). The van der Waals surface area contributed by atoms with E-state index >= 15 is 0 Å². The largest absolute Gasteiger partial charge is 0.401 e. The van der Waals surface area contributed by atoms with Gasteiger partial charge in [0.25, 0.3) is 0 Å². The van der Waals surface area contributed by atoms with Gasteiger partial charge in [-0.2, -0.15) is 13.2 Å². The zero-order valence-electron chi connectivity index (χ0n) is 11.5. The molecule has 0 atom stereocenters. The maximum atomic E-state index is 12.5. The number of aromatic nitrogens is 1. The maximum absolute atomic E-state index is 12.5. The monoisotopic (exact) mass is 275 g/mol. The fourth-order valence-electron chi connectivity index (χ4n) is 1.74. The number of anilines is 1. The van der Waals surface area contributed by atoms with E-state index in [2.05, 4.69) is 10.3 Å². The molecular formula is C13H20F3N3. The molecule has 6 heteroatoms. The first-order chi connectivity index (χ1) is 8.81. The minimum atomic E-state index is -4.18. The molecule has 1 aromatic rings. The summed E-state index contributed by atoms with van der Waals surface area (Å²) in [6, 6.07) is 3.36. The third-order valence-electron chi connectivity index (χ3n) is 2.68. The lowest BCUT2D eigenvalue weighted by molar-refractivity contribution is -0.150. The number of hydrogen-bond acceptors (Lipinski definition) is 3. The Morgan fingerprint density at radius 1 is 1.37 bits per heavy atom. The zero-order chi connectivity index (χ0) is 14.5. The van der Waals surface area contributed by atoms with E-state index in [0.717, 1.165) is 12.1 Å². The summed E-state index contributed by atoms with van der Waals surface area (Å²) >= 11 is 0. The molecule has 0 aromatic carbocycles. The van der Waals surface area contributed by atoms with E-state index in [1.807, 2.05) is 6.92 Å². The first kappa shape index (κ1) is 15.8. The Labute approximate surface area is 111 Å². The summed E-state index contributed by atoms with van der Waals surface area (Å²) in [5, 5.41) is 3.05. The Hall–Kier alpha value is -1.30. The van der Waals surface area contributed by atoms with Crippen molar-refractivity contribution >= 4 is 5.82 Å². The van der Waals surface area contributed by atoms with Gasteiger partial charge in [-0.1, -0.05) is 0 Å². The van der Waals surface area contributed by atoms with Gasteiger partial charge in [0.2, 0.25) is 0 Å². The van der Waals surface area contributed by atoms with Gasteiger partial charge < -0.3 is 5.32 Å². The van der Waals surface area contributed by atoms with Crippen molar-refractivity contribution in [3.8, 4) is 0 Å². The van der Waals surface area contributed by atoms with Gasteiger partial charge in [-0.15, -0.1) is 0 Å².